The van der Waals surface area contributed by atoms with Crippen LogP contribution in [0.25, 0.3) is 0 Å². The van der Waals surface area contributed by atoms with Gasteiger partial charge in [0.15, 0.2) is 0 Å². The minimum atomic E-state index is -1.23. The lowest BCUT2D eigenvalue weighted by molar-refractivity contribution is -0.151. The maximum atomic E-state index is 12.2. The van der Waals surface area contributed by atoms with Crippen molar-refractivity contribution in [3.05, 3.63) is 35.9 Å². The molecule has 0 bridgehead atoms. The second kappa shape index (κ2) is 8.42. The van der Waals surface area contributed by atoms with Crippen molar-refractivity contribution in [2.24, 2.45) is 5.73 Å². The molecule has 1 aromatic carbocycles. The maximum Gasteiger partial charge on any atom is 0.330 e. The first-order chi connectivity index (χ1) is 10.0. The zero-order chi connectivity index (χ0) is 15.7. The molecule has 5 heteroatoms. The van der Waals surface area contributed by atoms with Gasteiger partial charge >= 0.3 is 11.9 Å². The molecule has 0 heterocycles. The minimum absolute atomic E-state index is 0.235. The molecule has 0 saturated carbocycles. The number of nitrogens with two attached hydrogens (primary N) is 1. The number of carbonyl (C=O) groups excluding carboxylic acids is 2. The molecule has 0 spiro atoms. The van der Waals surface area contributed by atoms with E-state index in [1.165, 1.54) is 0 Å². The van der Waals surface area contributed by atoms with Crippen LogP contribution in [0.4, 0.5) is 0 Å². The lowest BCUT2D eigenvalue weighted by Crippen LogP contribution is -2.46. The van der Waals surface area contributed by atoms with Crippen LogP contribution in [0.15, 0.2) is 30.3 Å². The molecular weight excluding hydrogens is 270 g/mol. The van der Waals surface area contributed by atoms with E-state index < -0.39 is 11.5 Å². The van der Waals surface area contributed by atoms with Gasteiger partial charge in [-0.25, -0.2) is 4.79 Å². The van der Waals surface area contributed by atoms with Gasteiger partial charge in [0.05, 0.1) is 13.2 Å². The average molecular weight is 293 g/mol. The zero-order valence-electron chi connectivity index (χ0n) is 12.6. The summed E-state index contributed by atoms with van der Waals surface area (Å²) < 4.78 is 9.96. The monoisotopic (exact) mass is 293 g/mol. The largest absolute Gasteiger partial charge is 0.466 e. The molecule has 1 rings (SSSR count). The molecule has 2 N–H and O–H groups in total. The van der Waals surface area contributed by atoms with Crippen molar-refractivity contribution in [3.63, 3.8) is 0 Å². The third-order valence-corrected chi connectivity index (χ3v) is 3.19. The lowest BCUT2D eigenvalue weighted by Gasteiger charge is -2.27. The van der Waals surface area contributed by atoms with Crippen LogP contribution in [0.3, 0.4) is 0 Å². The molecule has 116 valence electrons. The Morgan fingerprint density at radius 2 is 1.71 bits per heavy atom. The van der Waals surface area contributed by atoms with E-state index >= 15 is 0 Å². The van der Waals surface area contributed by atoms with Crippen molar-refractivity contribution in [3.8, 4) is 0 Å². The highest BCUT2D eigenvalue weighted by atomic mass is 16.5. The predicted octanol–water partition coefficient (Wildman–Crippen LogP) is 2.14. The number of esters is 2. The summed E-state index contributed by atoms with van der Waals surface area (Å²) in [5.74, 6) is -0.753. The molecule has 0 aromatic heterocycles. The summed E-state index contributed by atoms with van der Waals surface area (Å²) >= 11 is 0. The van der Waals surface area contributed by atoms with E-state index in [9.17, 15) is 9.59 Å². The molecule has 1 unspecified atom stereocenters. The molecule has 1 atom stereocenters. The first kappa shape index (κ1) is 17.2. The average Bonchev–Trinajstić information content (AvgIpc) is 2.48. The second-order valence-corrected chi connectivity index (χ2v) is 4.72. The summed E-state index contributed by atoms with van der Waals surface area (Å²) in [6, 6.07) is 9.08. The van der Waals surface area contributed by atoms with E-state index in [0.717, 1.165) is 0 Å². The SMILES string of the molecule is CCOC(=O)CCCC(N)(C(=O)OCC)c1ccccc1. The predicted molar refractivity (Wildman–Crippen MR) is 79.4 cm³/mol. The summed E-state index contributed by atoms with van der Waals surface area (Å²) in [6.07, 6.45) is 1.02. The summed E-state index contributed by atoms with van der Waals surface area (Å²) in [5.41, 5.74) is 5.74. The van der Waals surface area contributed by atoms with E-state index in [1.54, 1.807) is 26.0 Å². The van der Waals surface area contributed by atoms with Crippen molar-refractivity contribution >= 4 is 11.9 Å². The molecule has 0 radical (unpaired) electrons. The van der Waals surface area contributed by atoms with Crippen molar-refractivity contribution in [1.82, 2.24) is 0 Å². The molecule has 0 aliphatic carbocycles. The van der Waals surface area contributed by atoms with Gasteiger partial charge in [-0.1, -0.05) is 30.3 Å². The third-order valence-electron chi connectivity index (χ3n) is 3.19. The first-order valence-corrected chi connectivity index (χ1v) is 7.21. The summed E-state index contributed by atoms with van der Waals surface area (Å²) in [6.45, 7) is 4.11. The molecule has 0 saturated heterocycles. The number of ether oxygens (including phenoxy) is 2. The summed E-state index contributed by atoms with van der Waals surface area (Å²) in [4.78, 5) is 23.6. The van der Waals surface area contributed by atoms with Gasteiger partial charge in [-0.2, -0.15) is 0 Å². The van der Waals surface area contributed by atoms with Crippen molar-refractivity contribution < 1.29 is 19.1 Å². The Bertz CT molecular complexity index is 461. The fourth-order valence-corrected chi connectivity index (χ4v) is 2.10. The Balaban J connectivity index is 2.78. The Labute approximate surface area is 125 Å². The zero-order valence-corrected chi connectivity index (χ0v) is 12.6. The fourth-order valence-electron chi connectivity index (χ4n) is 2.10. The molecule has 1 aromatic rings. The maximum absolute atomic E-state index is 12.2. The first-order valence-electron chi connectivity index (χ1n) is 7.21. The van der Waals surface area contributed by atoms with Crippen molar-refractivity contribution in [2.75, 3.05) is 13.2 Å². The van der Waals surface area contributed by atoms with Gasteiger partial charge < -0.3 is 15.2 Å². The molecule has 5 nitrogen and oxygen atoms in total. The second-order valence-electron chi connectivity index (χ2n) is 4.72. The van der Waals surface area contributed by atoms with E-state index in [0.29, 0.717) is 25.0 Å². The molecule has 0 aliphatic heterocycles. The smallest absolute Gasteiger partial charge is 0.330 e. The highest BCUT2D eigenvalue weighted by Crippen LogP contribution is 2.26. The van der Waals surface area contributed by atoms with E-state index in [1.807, 2.05) is 18.2 Å². The normalized spacial score (nSPS) is 13.3. The van der Waals surface area contributed by atoms with E-state index in [-0.39, 0.29) is 19.0 Å². The van der Waals surface area contributed by atoms with Crippen LogP contribution in [-0.4, -0.2) is 25.2 Å². The van der Waals surface area contributed by atoms with Gasteiger partial charge in [0.2, 0.25) is 0 Å². The van der Waals surface area contributed by atoms with E-state index in [2.05, 4.69) is 0 Å². The summed E-state index contributed by atoms with van der Waals surface area (Å²) in [5, 5.41) is 0. The molecular formula is C16H23NO4. The lowest BCUT2D eigenvalue weighted by atomic mass is 9.86. The van der Waals surface area contributed by atoms with Crippen LogP contribution in [0.1, 0.15) is 38.7 Å². The number of hydrogen-bond acceptors (Lipinski definition) is 5. The highest BCUT2D eigenvalue weighted by molar-refractivity contribution is 5.82. The number of benzene rings is 1. The third kappa shape index (κ3) is 4.86. The van der Waals surface area contributed by atoms with Gasteiger partial charge in [-0.15, -0.1) is 0 Å². The highest BCUT2D eigenvalue weighted by Gasteiger charge is 2.37. The summed E-state index contributed by atoms with van der Waals surface area (Å²) in [7, 11) is 0. The van der Waals surface area contributed by atoms with Crippen molar-refractivity contribution in [2.45, 2.75) is 38.6 Å². The van der Waals surface area contributed by atoms with Crippen LogP contribution < -0.4 is 5.73 Å². The molecule has 0 amide bonds. The minimum Gasteiger partial charge on any atom is -0.466 e. The number of carbonyl (C=O) groups is 2. The van der Waals surface area contributed by atoms with Crippen LogP contribution in [0.5, 0.6) is 0 Å². The van der Waals surface area contributed by atoms with Gasteiger partial charge in [0.1, 0.15) is 5.54 Å². The number of rotatable bonds is 8. The molecule has 0 fully saturated rings. The van der Waals surface area contributed by atoms with Gasteiger partial charge in [-0.3, -0.25) is 4.79 Å². The quantitative estimate of drug-likeness (QED) is 0.743. The van der Waals surface area contributed by atoms with E-state index in [4.69, 9.17) is 15.2 Å². The Morgan fingerprint density at radius 3 is 2.29 bits per heavy atom. The van der Waals surface area contributed by atoms with Crippen LogP contribution in [0, 0.1) is 0 Å². The standard InChI is InChI=1S/C16H23NO4/c1-3-20-14(18)11-8-12-16(17,15(19)21-4-2)13-9-6-5-7-10-13/h5-7,9-10H,3-4,8,11-12,17H2,1-2H3. The van der Waals surface area contributed by atoms with Gasteiger partial charge in [0, 0.05) is 6.42 Å². The molecule has 21 heavy (non-hydrogen) atoms. The van der Waals surface area contributed by atoms with Crippen LogP contribution in [0.2, 0.25) is 0 Å². The fraction of sp³-hybridized carbons (Fsp3) is 0.500. The van der Waals surface area contributed by atoms with Crippen molar-refractivity contribution in [1.29, 1.82) is 0 Å². The van der Waals surface area contributed by atoms with Gasteiger partial charge in [0.25, 0.3) is 0 Å². The Kier molecular flexibility index (Phi) is 6.88. The Morgan fingerprint density at radius 1 is 1.10 bits per heavy atom. The van der Waals surface area contributed by atoms with Crippen LogP contribution in [-0.2, 0) is 24.6 Å². The Hall–Kier alpha value is -1.88. The topological polar surface area (TPSA) is 78.6 Å². The number of hydrogen-bond donors (Lipinski definition) is 1. The molecule has 0 aliphatic rings. The van der Waals surface area contributed by atoms with Crippen LogP contribution >= 0.6 is 0 Å². The van der Waals surface area contributed by atoms with Gasteiger partial charge in [-0.05, 0) is 32.3 Å².